The predicted molar refractivity (Wildman–Crippen MR) is 44.2 cm³/mol. The lowest BCUT2D eigenvalue weighted by molar-refractivity contribution is 0.329. The molecule has 0 spiro atoms. The molecule has 1 rings (SSSR count). The monoisotopic (exact) mass is 153 g/mol. The molecular weight excluding hydrogens is 138 g/mol. The average molecular weight is 153 g/mol. The minimum atomic E-state index is -0.168. The smallest absolute Gasteiger partial charge is 0.211 e. The van der Waals surface area contributed by atoms with Gasteiger partial charge in [-0.3, -0.25) is 0 Å². The van der Waals surface area contributed by atoms with Gasteiger partial charge in [0, 0.05) is 0 Å². The van der Waals surface area contributed by atoms with E-state index >= 15 is 0 Å². The fourth-order valence-electron chi connectivity index (χ4n) is 1.84. The summed E-state index contributed by atoms with van der Waals surface area (Å²) in [6, 6.07) is 0. The Balaban J connectivity index is 2.62. The Morgan fingerprint density at radius 2 is 1.91 bits per heavy atom. The SMILES string of the molecule is CC(C)(N=C=O)C1CCCC1. The third-order valence-corrected chi connectivity index (χ3v) is 2.69. The van der Waals surface area contributed by atoms with Gasteiger partial charge in [-0.2, -0.15) is 4.99 Å². The summed E-state index contributed by atoms with van der Waals surface area (Å²) in [4.78, 5) is 13.9. The first-order valence-corrected chi connectivity index (χ1v) is 4.26. The molecule has 0 aromatic rings. The molecule has 0 aliphatic heterocycles. The first-order valence-electron chi connectivity index (χ1n) is 4.26. The zero-order chi connectivity index (χ0) is 8.32. The highest BCUT2D eigenvalue weighted by Crippen LogP contribution is 2.35. The minimum absolute atomic E-state index is 0.168. The zero-order valence-electron chi connectivity index (χ0n) is 7.26. The van der Waals surface area contributed by atoms with Crippen molar-refractivity contribution in [2.45, 2.75) is 45.1 Å². The average Bonchev–Trinajstić information content (AvgIpc) is 2.37. The maximum absolute atomic E-state index is 10.1. The van der Waals surface area contributed by atoms with Crippen LogP contribution in [0.1, 0.15) is 39.5 Å². The largest absolute Gasteiger partial charge is 0.235 e. The van der Waals surface area contributed by atoms with E-state index in [1.165, 1.54) is 25.7 Å². The topological polar surface area (TPSA) is 29.4 Å². The molecule has 1 saturated carbocycles. The van der Waals surface area contributed by atoms with Gasteiger partial charge in [-0.15, -0.1) is 0 Å². The molecule has 0 unspecified atom stereocenters. The van der Waals surface area contributed by atoms with Crippen molar-refractivity contribution in [3.8, 4) is 0 Å². The van der Waals surface area contributed by atoms with E-state index in [0.717, 1.165) is 0 Å². The third kappa shape index (κ3) is 1.90. The van der Waals surface area contributed by atoms with Crippen molar-refractivity contribution in [2.24, 2.45) is 10.9 Å². The van der Waals surface area contributed by atoms with Crippen molar-refractivity contribution in [1.29, 1.82) is 0 Å². The van der Waals surface area contributed by atoms with Gasteiger partial charge in [0.05, 0.1) is 5.54 Å². The van der Waals surface area contributed by atoms with Gasteiger partial charge >= 0.3 is 0 Å². The quantitative estimate of drug-likeness (QED) is 0.442. The van der Waals surface area contributed by atoms with Gasteiger partial charge in [-0.25, -0.2) is 4.79 Å². The Bertz CT molecular complexity index is 174. The highest BCUT2D eigenvalue weighted by atomic mass is 16.1. The molecule has 0 radical (unpaired) electrons. The van der Waals surface area contributed by atoms with Crippen LogP contribution in [-0.2, 0) is 4.79 Å². The number of hydrogen-bond acceptors (Lipinski definition) is 2. The molecule has 11 heavy (non-hydrogen) atoms. The second kappa shape index (κ2) is 3.19. The summed E-state index contributed by atoms with van der Waals surface area (Å²) in [5.74, 6) is 0.601. The molecule has 1 aliphatic rings. The van der Waals surface area contributed by atoms with Gasteiger partial charge < -0.3 is 0 Å². The van der Waals surface area contributed by atoms with E-state index in [1.807, 2.05) is 13.8 Å². The van der Waals surface area contributed by atoms with Crippen LogP contribution in [0, 0.1) is 5.92 Å². The molecule has 0 amide bonds. The molecule has 0 atom stereocenters. The standard InChI is InChI=1S/C9H15NO/c1-9(2,10-7-11)8-5-3-4-6-8/h8H,3-6H2,1-2H3. The van der Waals surface area contributed by atoms with Crippen molar-refractivity contribution in [1.82, 2.24) is 0 Å². The number of aliphatic imine (C=N–C) groups is 1. The lowest BCUT2D eigenvalue weighted by atomic mass is 9.87. The zero-order valence-corrected chi connectivity index (χ0v) is 7.26. The van der Waals surface area contributed by atoms with Gasteiger partial charge in [-0.1, -0.05) is 12.8 Å². The summed E-state index contributed by atoms with van der Waals surface area (Å²) < 4.78 is 0. The van der Waals surface area contributed by atoms with Gasteiger partial charge in [0.25, 0.3) is 0 Å². The molecule has 0 N–H and O–H groups in total. The molecule has 2 nitrogen and oxygen atoms in total. The second-order valence-electron chi connectivity index (χ2n) is 3.84. The first-order chi connectivity index (χ1) is 5.17. The fourth-order valence-corrected chi connectivity index (χ4v) is 1.84. The van der Waals surface area contributed by atoms with E-state index in [-0.39, 0.29) is 5.54 Å². The van der Waals surface area contributed by atoms with Gasteiger partial charge in [0.15, 0.2) is 0 Å². The number of carbonyl (C=O) groups excluding carboxylic acids is 1. The highest BCUT2D eigenvalue weighted by molar-refractivity contribution is 5.34. The fraction of sp³-hybridized carbons (Fsp3) is 0.889. The number of rotatable bonds is 2. The van der Waals surface area contributed by atoms with Crippen LogP contribution >= 0.6 is 0 Å². The number of isocyanates is 1. The molecule has 1 fully saturated rings. The molecule has 62 valence electrons. The van der Waals surface area contributed by atoms with E-state index in [2.05, 4.69) is 4.99 Å². The van der Waals surface area contributed by atoms with Crippen molar-refractivity contribution in [2.75, 3.05) is 0 Å². The number of nitrogens with zero attached hydrogens (tertiary/aromatic N) is 1. The van der Waals surface area contributed by atoms with Crippen LogP contribution < -0.4 is 0 Å². The minimum Gasteiger partial charge on any atom is -0.211 e. The van der Waals surface area contributed by atoms with E-state index in [4.69, 9.17) is 0 Å². The molecule has 0 heterocycles. The van der Waals surface area contributed by atoms with Gasteiger partial charge in [-0.05, 0) is 32.6 Å². The van der Waals surface area contributed by atoms with Crippen LogP contribution in [0.15, 0.2) is 4.99 Å². The highest BCUT2D eigenvalue weighted by Gasteiger charge is 2.31. The third-order valence-electron chi connectivity index (χ3n) is 2.69. The molecule has 2 heteroatoms. The van der Waals surface area contributed by atoms with Crippen LogP contribution in [0.25, 0.3) is 0 Å². The molecular formula is C9H15NO. The summed E-state index contributed by atoms with van der Waals surface area (Å²) in [7, 11) is 0. The van der Waals surface area contributed by atoms with Crippen molar-refractivity contribution in [3.63, 3.8) is 0 Å². The molecule has 0 aromatic heterocycles. The lowest BCUT2D eigenvalue weighted by Crippen LogP contribution is -2.26. The Morgan fingerprint density at radius 1 is 1.36 bits per heavy atom. The summed E-state index contributed by atoms with van der Waals surface area (Å²) in [5, 5.41) is 0. The van der Waals surface area contributed by atoms with Gasteiger partial charge in [0.1, 0.15) is 0 Å². The normalized spacial score (nSPS) is 19.8. The van der Waals surface area contributed by atoms with Crippen LogP contribution in [0.3, 0.4) is 0 Å². The maximum Gasteiger partial charge on any atom is 0.235 e. The van der Waals surface area contributed by atoms with Crippen LogP contribution in [0.4, 0.5) is 0 Å². The van der Waals surface area contributed by atoms with Gasteiger partial charge in [0.2, 0.25) is 6.08 Å². The summed E-state index contributed by atoms with van der Waals surface area (Å²) in [5.41, 5.74) is -0.168. The maximum atomic E-state index is 10.1. The van der Waals surface area contributed by atoms with Crippen LogP contribution in [-0.4, -0.2) is 11.6 Å². The van der Waals surface area contributed by atoms with E-state index in [0.29, 0.717) is 5.92 Å². The summed E-state index contributed by atoms with van der Waals surface area (Å²) in [6.45, 7) is 4.04. The molecule has 1 aliphatic carbocycles. The van der Waals surface area contributed by atoms with Crippen molar-refractivity contribution < 1.29 is 4.79 Å². The lowest BCUT2D eigenvalue weighted by Gasteiger charge is -2.24. The Labute approximate surface area is 67.7 Å². The van der Waals surface area contributed by atoms with E-state index < -0.39 is 0 Å². The Hall–Kier alpha value is -0.620. The van der Waals surface area contributed by atoms with Crippen LogP contribution in [0.5, 0.6) is 0 Å². The second-order valence-corrected chi connectivity index (χ2v) is 3.84. The summed E-state index contributed by atoms with van der Waals surface area (Å²) >= 11 is 0. The molecule has 0 saturated heterocycles. The van der Waals surface area contributed by atoms with Crippen molar-refractivity contribution >= 4 is 6.08 Å². The molecule has 0 aromatic carbocycles. The number of hydrogen-bond donors (Lipinski definition) is 0. The Morgan fingerprint density at radius 3 is 2.36 bits per heavy atom. The van der Waals surface area contributed by atoms with Crippen LogP contribution in [0.2, 0.25) is 0 Å². The van der Waals surface area contributed by atoms with Crippen molar-refractivity contribution in [3.05, 3.63) is 0 Å². The Kier molecular flexibility index (Phi) is 2.45. The first kappa shape index (κ1) is 8.48. The van der Waals surface area contributed by atoms with E-state index in [9.17, 15) is 4.79 Å². The predicted octanol–water partition coefficient (Wildman–Crippen LogP) is 2.29. The summed E-state index contributed by atoms with van der Waals surface area (Å²) in [6.07, 6.45) is 6.69. The molecule has 0 bridgehead atoms. The van der Waals surface area contributed by atoms with E-state index in [1.54, 1.807) is 6.08 Å².